The van der Waals surface area contributed by atoms with Crippen LogP contribution < -0.4 is 15.4 Å². The van der Waals surface area contributed by atoms with E-state index in [4.69, 9.17) is 0 Å². The monoisotopic (exact) mass is 439 g/mol. The molecule has 138 valence electrons. The topological polar surface area (TPSA) is 104 Å². The van der Waals surface area contributed by atoms with E-state index in [9.17, 15) is 18.0 Å². The van der Waals surface area contributed by atoms with Crippen molar-refractivity contribution in [2.24, 2.45) is 0 Å². The lowest BCUT2D eigenvalue weighted by Crippen LogP contribution is -2.34. The van der Waals surface area contributed by atoms with Gasteiger partial charge in [-0.3, -0.25) is 14.3 Å². The minimum atomic E-state index is -3.35. The summed E-state index contributed by atoms with van der Waals surface area (Å²) in [6.07, 6.45) is 1.05. The molecule has 0 aromatic heterocycles. The zero-order valence-electron chi connectivity index (χ0n) is 14.0. The van der Waals surface area contributed by atoms with E-state index in [-0.39, 0.29) is 24.9 Å². The van der Waals surface area contributed by atoms with Crippen LogP contribution in [0, 0.1) is 0 Å². The molecule has 0 saturated carbocycles. The molecule has 0 saturated heterocycles. The molecule has 0 heterocycles. The number of benzene rings is 2. The number of anilines is 1. The van der Waals surface area contributed by atoms with Crippen LogP contribution in [0.5, 0.6) is 0 Å². The predicted octanol–water partition coefficient (Wildman–Crippen LogP) is 1.98. The van der Waals surface area contributed by atoms with Gasteiger partial charge in [0.1, 0.15) is 0 Å². The van der Waals surface area contributed by atoms with E-state index < -0.39 is 10.0 Å². The average molecular weight is 440 g/mol. The Hall–Kier alpha value is -2.39. The number of halogens is 1. The Kier molecular flexibility index (Phi) is 6.76. The first-order chi connectivity index (χ1) is 12.2. The molecule has 9 heteroatoms. The van der Waals surface area contributed by atoms with E-state index in [2.05, 4.69) is 31.3 Å². The van der Waals surface area contributed by atoms with E-state index in [1.54, 1.807) is 24.3 Å². The Morgan fingerprint density at radius 2 is 1.27 bits per heavy atom. The Morgan fingerprint density at radius 1 is 0.846 bits per heavy atom. The summed E-state index contributed by atoms with van der Waals surface area (Å²) in [7, 11) is -3.35. The van der Waals surface area contributed by atoms with Crippen LogP contribution in [-0.4, -0.2) is 39.6 Å². The van der Waals surface area contributed by atoms with Gasteiger partial charge in [-0.1, -0.05) is 15.9 Å². The number of rotatable bonds is 7. The molecule has 0 aliphatic rings. The van der Waals surface area contributed by atoms with Gasteiger partial charge >= 0.3 is 0 Å². The van der Waals surface area contributed by atoms with Crippen molar-refractivity contribution in [1.29, 1.82) is 0 Å². The van der Waals surface area contributed by atoms with Gasteiger partial charge in [0, 0.05) is 34.4 Å². The lowest BCUT2D eigenvalue weighted by atomic mass is 10.2. The molecular weight excluding hydrogens is 422 g/mol. The van der Waals surface area contributed by atoms with Crippen LogP contribution in [0.1, 0.15) is 20.7 Å². The van der Waals surface area contributed by atoms with Gasteiger partial charge in [-0.15, -0.1) is 0 Å². The van der Waals surface area contributed by atoms with E-state index in [1.165, 1.54) is 24.3 Å². The fourth-order valence-electron chi connectivity index (χ4n) is 2.06. The molecule has 2 amide bonds. The lowest BCUT2D eigenvalue weighted by Gasteiger charge is -2.08. The fourth-order valence-corrected chi connectivity index (χ4v) is 2.89. The van der Waals surface area contributed by atoms with Crippen LogP contribution in [0.25, 0.3) is 0 Å². The Balaban J connectivity index is 1.78. The van der Waals surface area contributed by atoms with Crippen LogP contribution in [0.2, 0.25) is 0 Å². The van der Waals surface area contributed by atoms with E-state index in [1.807, 2.05) is 0 Å². The molecular formula is C17H18BrN3O4S. The highest BCUT2D eigenvalue weighted by Crippen LogP contribution is 2.11. The van der Waals surface area contributed by atoms with Crippen molar-refractivity contribution in [3.63, 3.8) is 0 Å². The van der Waals surface area contributed by atoms with Crippen molar-refractivity contribution < 1.29 is 18.0 Å². The van der Waals surface area contributed by atoms with Crippen LogP contribution in [-0.2, 0) is 10.0 Å². The third kappa shape index (κ3) is 6.49. The minimum Gasteiger partial charge on any atom is -0.350 e. The van der Waals surface area contributed by atoms with Crippen molar-refractivity contribution in [2.45, 2.75) is 0 Å². The summed E-state index contributed by atoms with van der Waals surface area (Å²) in [4.78, 5) is 24.0. The van der Waals surface area contributed by atoms with Crippen molar-refractivity contribution in [3.8, 4) is 0 Å². The molecule has 0 fully saturated rings. The summed E-state index contributed by atoms with van der Waals surface area (Å²) in [5, 5.41) is 5.40. The van der Waals surface area contributed by atoms with Crippen molar-refractivity contribution >= 4 is 43.5 Å². The summed E-state index contributed by atoms with van der Waals surface area (Å²) >= 11 is 3.30. The smallest absolute Gasteiger partial charge is 0.251 e. The molecule has 0 aliphatic carbocycles. The van der Waals surface area contributed by atoms with Gasteiger partial charge in [0.25, 0.3) is 11.8 Å². The van der Waals surface area contributed by atoms with E-state index >= 15 is 0 Å². The van der Waals surface area contributed by atoms with Gasteiger partial charge in [0.2, 0.25) is 10.0 Å². The fraction of sp³-hybridized carbons (Fsp3) is 0.176. The third-order valence-corrected chi connectivity index (χ3v) is 4.39. The second kappa shape index (κ2) is 8.81. The van der Waals surface area contributed by atoms with E-state index in [0.717, 1.165) is 10.7 Å². The molecule has 0 aliphatic heterocycles. The molecule has 0 spiro atoms. The number of carbonyl (C=O) groups excluding carboxylic acids is 2. The van der Waals surface area contributed by atoms with Crippen LogP contribution in [0.4, 0.5) is 5.69 Å². The van der Waals surface area contributed by atoms with Crippen LogP contribution in [0.15, 0.2) is 53.0 Å². The first kappa shape index (κ1) is 19.9. The molecule has 2 rings (SSSR count). The number of sulfonamides is 1. The third-order valence-electron chi connectivity index (χ3n) is 3.25. The van der Waals surface area contributed by atoms with Crippen molar-refractivity contribution in [1.82, 2.24) is 10.6 Å². The van der Waals surface area contributed by atoms with Crippen LogP contribution >= 0.6 is 15.9 Å². The highest BCUT2D eigenvalue weighted by Gasteiger charge is 2.08. The number of carbonyl (C=O) groups is 2. The molecule has 0 unspecified atom stereocenters. The summed E-state index contributed by atoms with van der Waals surface area (Å²) in [5.41, 5.74) is 1.31. The average Bonchev–Trinajstić information content (AvgIpc) is 2.58. The lowest BCUT2D eigenvalue weighted by molar-refractivity contribution is 0.0927. The normalized spacial score (nSPS) is 10.8. The van der Waals surface area contributed by atoms with Gasteiger partial charge in [-0.25, -0.2) is 8.42 Å². The number of hydrogen-bond acceptors (Lipinski definition) is 4. The first-order valence-corrected chi connectivity index (χ1v) is 10.3. The first-order valence-electron chi connectivity index (χ1n) is 7.64. The highest BCUT2D eigenvalue weighted by atomic mass is 79.9. The van der Waals surface area contributed by atoms with Gasteiger partial charge in [0.15, 0.2) is 0 Å². The number of nitrogens with one attached hydrogen (secondary N) is 3. The SMILES string of the molecule is CS(=O)(=O)Nc1ccc(C(=O)NCCNC(=O)c2ccc(Br)cc2)cc1. The number of hydrogen-bond donors (Lipinski definition) is 3. The van der Waals surface area contributed by atoms with Crippen molar-refractivity contribution in [2.75, 3.05) is 24.1 Å². The maximum absolute atomic E-state index is 12.0. The molecule has 0 radical (unpaired) electrons. The number of amides is 2. The Morgan fingerprint density at radius 3 is 1.69 bits per heavy atom. The minimum absolute atomic E-state index is 0.219. The summed E-state index contributed by atoms with van der Waals surface area (Å²) < 4.78 is 25.5. The zero-order valence-corrected chi connectivity index (χ0v) is 16.4. The predicted molar refractivity (Wildman–Crippen MR) is 104 cm³/mol. The molecule has 7 nitrogen and oxygen atoms in total. The molecule has 2 aromatic rings. The summed E-state index contributed by atoms with van der Waals surface area (Å²) in [6.45, 7) is 0.554. The molecule has 0 atom stereocenters. The quantitative estimate of drug-likeness (QED) is 0.573. The van der Waals surface area contributed by atoms with Gasteiger partial charge in [-0.2, -0.15) is 0 Å². The highest BCUT2D eigenvalue weighted by molar-refractivity contribution is 9.10. The second-order valence-corrected chi connectivity index (χ2v) is 8.13. The van der Waals surface area contributed by atoms with Gasteiger partial charge in [0.05, 0.1) is 6.26 Å². The maximum Gasteiger partial charge on any atom is 0.251 e. The largest absolute Gasteiger partial charge is 0.350 e. The molecule has 3 N–H and O–H groups in total. The Labute approximate surface area is 160 Å². The zero-order chi connectivity index (χ0) is 19.2. The van der Waals surface area contributed by atoms with Crippen molar-refractivity contribution in [3.05, 3.63) is 64.1 Å². The second-order valence-electron chi connectivity index (χ2n) is 5.47. The summed E-state index contributed by atoms with van der Waals surface area (Å²) in [5.74, 6) is -0.531. The standard InChI is InChI=1S/C17H18BrN3O4S/c1-26(24,25)21-15-8-4-13(5-9-15)17(23)20-11-10-19-16(22)12-2-6-14(18)7-3-12/h2-9,21H,10-11H2,1H3,(H,19,22)(H,20,23). The molecule has 0 bridgehead atoms. The maximum atomic E-state index is 12.0. The summed E-state index contributed by atoms with van der Waals surface area (Å²) in [6, 6.07) is 13.0. The van der Waals surface area contributed by atoms with Gasteiger partial charge in [-0.05, 0) is 48.5 Å². The van der Waals surface area contributed by atoms with E-state index in [0.29, 0.717) is 16.8 Å². The Bertz CT molecular complexity index is 881. The van der Waals surface area contributed by atoms with Gasteiger partial charge < -0.3 is 10.6 Å². The molecule has 2 aromatic carbocycles. The molecule has 26 heavy (non-hydrogen) atoms. The van der Waals surface area contributed by atoms with Crippen LogP contribution in [0.3, 0.4) is 0 Å².